The summed E-state index contributed by atoms with van der Waals surface area (Å²) >= 11 is 6.11. The van der Waals surface area contributed by atoms with Crippen LogP contribution in [-0.2, 0) is 22.9 Å². The third-order valence-corrected chi connectivity index (χ3v) is 16.6. The Balaban J connectivity index is 1.67. The number of ether oxygens (including phenoxy) is 1. The number of nitrogens with two attached hydrogens (primary N) is 1. The summed E-state index contributed by atoms with van der Waals surface area (Å²) in [6.45, 7) is 10.2. The Kier molecular flexibility index (Phi) is 8.03. The number of alkyl halides is 1. The molecule has 0 saturated carbocycles. The van der Waals surface area contributed by atoms with Crippen molar-refractivity contribution < 1.29 is 32.4 Å². The zero-order chi connectivity index (χ0) is 29.0. The SMILES string of the molecule is CC(C)(C)[Si](C)(C)[C@@]1(O)[C@@H](CO[P@@]2(=O)OCC[C@@H](c3cccc(Cl)c3)O2)O[C@@H](n2ccc(N)nc2=O)[C@@]1(C)F. The molecule has 4 rings (SSSR count). The number of aliphatic hydroxyl groups is 1. The maximum absolute atomic E-state index is 17.0. The molecular formula is C25H36ClFN3O7PSi. The molecule has 0 unspecified atom stereocenters. The van der Waals surface area contributed by atoms with Gasteiger partial charge in [0.1, 0.15) is 17.1 Å². The summed E-state index contributed by atoms with van der Waals surface area (Å²) < 4.78 is 54.4. The van der Waals surface area contributed by atoms with Crippen molar-refractivity contribution in [3.8, 4) is 0 Å². The first-order valence-electron chi connectivity index (χ1n) is 12.7. The normalized spacial score (nSPS) is 33.8. The Bertz CT molecular complexity index is 1340. The average Bonchev–Trinajstić information content (AvgIpc) is 3.03. The largest absolute Gasteiger partial charge is 0.475 e. The monoisotopic (exact) mass is 603 g/mol. The van der Waals surface area contributed by atoms with Gasteiger partial charge in [0, 0.05) is 17.6 Å². The molecule has 14 heteroatoms. The van der Waals surface area contributed by atoms with Gasteiger partial charge in [0.2, 0.25) is 0 Å². The highest BCUT2D eigenvalue weighted by Crippen LogP contribution is 2.61. The third-order valence-electron chi connectivity index (χ3n) is 8.39. The van der Waals surface area contributed by atoms with E-state index in [1.807, 2.05) is 33.9 Å². The number of aromatic nitrogens is 2. The fraction of sp³-hybridized carbons (Fsp3) is 0.600. The van der Waals surface area contributed by atoms with E-state index < -0.39 is 62.6 Å². The minimum Gasteiger partial charge on any atom is -0.387 e. The molecule has 0 amide bonds. The number of benzene rings is 1. The van der Waals surface area contributed by atoms with Crippen LogP contribution in [0.25, 0.3) is 0 Å². The molecule has 0 radical (unpaired) electrons. The van der Waals surface area contributed by atoms with Crippen molar-refractivity contribution in [3.63, 3.8) is 0 Å². The van der Waals surface area contributed by atoms with E-state index in [1.165, 1.54) is 19.2 Å². The molecule has 2 aliphatic rings. The van der Waals surface area contributed by atoms with Crippen LogP contribution in [0.5, 0.6) is 0 Å². The number of nitrogens with zero attached hydrogens (tertiary/aromatic N) is 2. The van der Waals surface area contributed by atoms with Gasteiger partial charge in [0.25, 0.3) is 0 Å². The molecule has 0 aliphatic carbocycles. The highest BCUT2D eigenvalue weighted by molar-refractivity contribution is 7.48. The van der Waals surface area contributed by atoms with Crippen LogP contribution in [0.15, 0.2) is 41.3 Å². The van der Waals surface area contributed by atoms with Gasteiger partial charge in [-0.25, -0.2) is 13.8 Å². The van der Waals surface area contributed by atoms with Crippen molar-refractivity contribution in [1.29, 1.82) is 0 Å². The predicted octanol–water partition coefficient (Wildman–Crippen LogP) is 5.19. The van der Waals surface area contributed by atoms with Crippen LogP contribution in [-0.4, -0.2) is 52.9 Å². The standard InChI is InChI=1S/C25H36ClFN3O7PSi/c1-23(2,3)39(5,6)25(32)19(36-21(24(25,4)27)30-12-10-20(28)29-22(30)31)15-35-38(33)34-13-11-18(37-38)16-8-7-9-17(26)14-16/h7-10,12,14,18-19,21,32H,11,13,15H2,1-6H3,(H2,28,29,31)/t18-,19+,21+,24+,25-,38+/m0/s1. The Labute approximate surface area is 233 Å². The summed E-state index contributed by atoms with van der Waals surface area (Å²) in [4.78, 5) is 16.3. The van der Waals surface area contributed by atoms with Gasteiger partial charge in [-0.1, -0.05) is 57.6 Å². The first-order valence-corrected chi connectivity index (χ1v) is 17.5. The van der Waals surface area contributed by atoms with Gasteiger partial charge in [0.15, 0.2) is 11.9 Å². The van der Waals surface area contributed by atoms with E-state index in [0.29, 0.717) is 17.0 Å². The fourth-order valence-electron chi connectivity index (χ4n) is 5.23. The van der Waals surface area contributed by atoms with Gasteiger partial charge in [-0.15, -0.1) is 0 Å². The molecule has 39 heavy (non-hydrogen) atoms. The molecule has 1 aromatic carbocycles. The number of halogens is 2. The van der Waals surface area contributed by atoms with Crippen LogP contribution in [0.3, 0.4) is 0 Å². The highest BCUT2D eigenvalue weighted by Gasteiger charge is 2.74. The number of rotatable bonds is 6. The number of nitrogen functional groups attached to an aromatic ring is 1. The fourth-order valence-corrected chi connectivity index (χ4v) is 10.3. The second-order valence-electron chi connectivity index (χ2n) is 11.8. The van der Waals surface area contributed by atoms with E-state index in [2.05, 4.69) is 4.98 Å². The summed E-state index contributed by atoms with van der Waals surface area (Å²) in [5, 5.41) is 10.2. The number of hydrogen-bond acceptors (Lipinski definition) is 9. The third kappa shape index (κ3) is 5.26. The van der Waals surface area contributed by atoms with E-state index in [0.717, 1.165) is 4.57 Å². The van der Waals surface area contributed by atoms with Crippen LogP contribution in [0, 0.1) is 0 Å². The second-order valence-corrected chi connectivity index (χ2v) is 19.3. The van der Waals surface area contributed by atoms with Crippen LogP contribution in [0.2, 0.25) is 23.2 Å². The van der Waals surface area contributed by atoms with Crippen molar-refractivity contribution in [1.82, 2.24) is 9.55 Å². The van der Waals surface area contributed by atoms with Crippen molar-refractivity contribution in [3.05, 3.63) is 57.6 Å². The zero-order valence-corrected chi connectivity index (χ0v) is 25.5. The Morgan fingerprint density at radius 3 is 2.67 bits per heavy atom. The van der Waals surface area contributed by atoms with E-state index >= 15 is 4.39 Å². The summed E-state index contributed by atoms with van der Waals surface area (Å²) in [6, 6.07) is 8.31. The van der Waals surface area contributed by atoms with E-state index in [4.69, 9.17) is 35.6 Å². The Hall–Kier alpha value is -1.63. The van der Waals surface area contributed by atoms with Crippen LogP contribution < -0.4 is 11.4 Å². The van der Waals surface area contributed by atoms with Crippen LogP contribution in [0.4, 0.5) is 10.2 Å². The van der Waals surface area contributed by atoms with Gasteiger partial charge in [0.05, 0.1) is 27.4 Å². The van der Waals surface area contributed by atoms with Gasteiger partial charge in [-0.3, -0.25) is 18.1 Å². The first-order chi connectivity index (χ1) is 17.9. The van der Waals surface area contributed by atoms with Gasteiger partial charge in [-0.2, -0.15) is 4.98 Å². The quantitative estimate of drug-likeness (QED) is 0.338. The van der Waals surface area contributed by atoms with Crippen molar-refractivity contribution in [2.24, 2.45) is 0 Å². The second kappa shape index (κ2) is 10.3. The lowest BCUT2D eigenvalue weighted by molar-refractivity contribution is -0.0672. The topological polar surface area (TPSA) is 135 Å². The minimum atomic E-state index is -4.14. The molecule has 2 fully saturated rings. The Morgan fingerprint density at radius 2 is 2.05 bits per heavy atom. The number of phosphoric acid groups is 1. The smallest absolute Gasteiger partial charge is 0.387 e. The molecule has 6 atom stereocenters. The molecule has 10 nitrogen and oxygen atoms in total. The molecule has 2 saturated heterocycles. The predicted molar refractivity (Wildman–Crippen MR) is 148 cm³/mol. The number of phosphoric ester groups is 1. The van der Waals surface area contributed by atoms with E-state index in [-0.39, 0.29) is 12.4 Å². The molecule has 1 aromatic heterocycles. The average molecular weight is 604 g/mol. The molecule has 0 spiro atoms. The summed E-state index contributed by atoms with van der Waals surface area (Å²) in [5.74, 6) is -0.0340. The highest BCUT2D eigenvalue weighted by atomic mass is 35.5. The zero-order valence-electron chi connectivity index (χ0n) is 22.9. The van der Waals surface area contributed by atoms with Gasteiger partial charge in [-0.05, 0) is 35.7 Å². The first kappa shape index (κ1) is 30.3. The summed E-state index contributed by atoms with van der Waals surface area (Å²) in [6.07, 6.45) is -1.80. The molecule has 3 heterocycles. The lowest BCUT2D eigenvalue weighted by Crippen LogP contribution is -2.72. The lowest BCUT2D eigenvalue weighted by atomic mass is 9.97. The van der Waals surface area contributed by atoms with Crippen LogP contribution in [0.1, 0.15) is 52.0 Å². The van der Waals surface area contributed by atoms with E-state index in [9.17, 15) is 14.5 Å². The van der Waals surface area contributed by atoms with Crippen LogP contribution >= 0.6 is 19.4 Å². The molecule has 2 aliphatic heterocycles. The molecule has 2 aromatic rings. The molecule has 0 bridgehead atoms. The van der Waals surface area contributed by atoms with E-state index in [1.54, 1.807) is 24.3 Å². The van der Waals surface area contributed by atoms with Gasteiger partial charge < -0.3 is 15.6 Å². The number of anilines is 1. The van der Waals surface area contributed by atoms with Crippen molar-refractivity contribution >= 4 is 33.3 Å². The molecule has 3 N–H and O–H groups in total. The van der Waals surface area contributed by atoms with Crippen molar-refractivity contribution in [2.45, 2.75) is 81.6 Å². The minimum absolute atomic E-state index is 0.0340. The molecule has 216 valence electrons. The maximum atomic E-state index is 17.0. The molecular weight excluding hydrogens is 568 g/mol. The Morgan fingerprint density at radius 1 is 1.36 bits per heavy atom. The summed E-state index contributed by atoms with van der Waals surface area (Å²) in [7, 11) is -7.19. The van der Waals surface area contributed by atoms with Gasteiger partial charge >= 0.3 is 13.5 Å². The van der Waals surface area contributed by atoms with Crippen molar-refractivity contribution in [2.75, 3.05) is 18.9 Å². The maximum Gasteiger partial charge on any atom is 0.475 e. The lowest BCUT2D eigenvalue weighted by Gasteiger charge is -2.52. The number of hydrogen-bond donors (Lipinski definition) is 2. The summed E-state index contributed by atoms with van der Waals surface area (Å²) in [5.41, 5.74) is 3.02.